The smallest absolute Gasteiger partial charge is 0.242 e. The monoisotopic (exact) mass is 238 g/mol. The van der Waals surface area contributed by atoms with Crippen molar-refractivity contribution in [2.24, 2.45) is 11.7 Å². The first kappa shape index (κ1) is 13.7. The van der Waals surface area contributed by atoms with Crippen LogP contribution >= 0.6 is 0 Å². The highest BCUT2D eigenvalue weighted by Crippen LogP contribution is 2.09. The van der Waals surface area contributed by atoms with Gasteiger partial charge in [0.2, 0.25) is 5.91 Å². The first-order chi connectivity index (χ1) is 7.90. The van der Waals surface area contributed by atoms with Crippen LogP contribution < -0.4 is 11.1 Å². The molecule has 0 aliphatic rings. The lowest BCUT2D eigenvalue weighted by Gasteiger charge is -2.12. The van der Waals surface area contributed by atoms with Crippen molar-refractivity contribution in [2.45, 2.75) is 46.2 Å². The lowest BCUT2D eigenvalue weighted by atomic mass is 10.0. The molecular weight excluding hydrogens is 216 g/mol. The van der Waals surface area contributed by atoms with Gasteiger partial charge in [0, 0.05) is 18.3 Å². The number of amides is 1. The maximum Gasteiger partial charge on any atom is 0.242 e. The summed E-state index contributed by atoms with van der Waals surface area (Å²) in [5.41, 5.74) is 5.79. The lowest BCUT2D eigenvalue weighted by Crippen LogP contribution is -2.36. The molecule has 1 aromatic rings. The fourth-order valence-electron chi connectivity index (χ4n) is 1.53. The van der Waals surface area contributed by atoms with Crippen molar-refractivity contribution >= 4 is 11.7 Å². The summed E-state index contributed by atoms with van der Waals surface area (Å²) in [6.45, 7) is 8.15. The molecule has 0 aliphatic heterocycles. The molecule has 1 heterocycles. The summed E-state index contributed by atoms with van der Waals surface area (Å²) < 4.78 is 1.80. The molecule has 0 fully saturated rings. The van der Waals surface area contributed by atoms with Crippen LogP contribution in [-0.2, 0) is 4.79 Å². The molecule has 3 N–H and O–H groups in total. The number of aromatic nitrogens is 2. The van der Waals surface area contributed by atoms with Gasteiger partial charge in [-0.05, 0) is 26.2 Å². The normalized spacial score (nSPS) is 13.1. The van der Waals surface area contributed by atoms with Crippen molar-refractivity contribution in [3.8, 4) is 0 Å². The topological polar surface area (TPSA) is 72.9 Å². The molecule has 1 aromatic heterocycles. The van der Waals surface area contributed by atoms with Crippen molar-refractivity contribution in [3.05, 3.63) is 12.3 Å². The Balaban J connectivity index is 2.55. The van der Waals surface area contributed by atoms with E-state index in [1.165, 1.54) is 0 Å². The fraction of sp³-hybridized carbons (Fsp3) is 0.667. The van der Waals surface area contributed by atoms with E-state index in [1.807, 2.05) is 33.9 Å². The number of carbonyl (C=O) groups is 1. The third-order valence-electron chi connectivity index (χ3n) is 2.45. The number of anilines is 1. The average Bonchev–Trinajstić information content (AvgIpc) is 2.65. The van der Waals surface area contributed by atoms with Crippen LogP contribution in [0, 0.1) is 5.92 Å². The fourth-order valence-corrected chi connectivity index (χ4v) is 1.53. The first-order valence-corrected chi connectivity index (χ1v) is 6.01. The Bertz CT molecular complexity index is 370. The SMILES string of the molecule is CC(C)CC(N)C(=O)Nc1ccn(C(C)C)n1. The number of nitrogens with zero attached hydrogens (tertiary/aromatic N) is 2. The van der Waals surface area contributed by atoms with Gasteiger partial charge in [-0.1, -0.05) is 13.8 Å². The van der Waals surface area contributed by atoms with E-state index in [1.54, 1.807) is 10.7 Å². The zero-order chi connectivity index (χ0) is 13.0. The van der Waals surface area contributed by atoms with E-state index in [2.05, 4.69) is 10.4 Å². The molecule has 0 spiro atoms. The van der Waals surface area contributed by atoms with Crippen LogP contribution in [-0.4, -0.2) is 21.7 Å². The third-order valence-corrected chi connectivity index (χ3v) is 2.45. The van der Waals surface area contributed by atoms with Crippen molar-refractivity contribution in [1.82, 2.24) is 9.78 Å². The molecule has 0 aliphatic carbocycles. The Morgan fingerprint density at radius 3 is 2.59 bits per heavy atom. The number of carbonyl (C=O) groups excluding carboxylic acids is 1. The Hall–Kier alpha value is -1.36. The minimum atomic E-state index is -0.473. The van der Waals surface area contributed by atoms with Crippen molar-refractivity contribution in [3.63, 3.8) is 0 Å². The highest BCUT2D eigenvalue weighted by atomic mass is 16.2. The first-order valence-electron chi connectivity index (χ1n) is 6.01. The van der Waals surface area contributed by atoms with Gasteiger partial charge in [0.1, 0.15) is 0 Å². The van der Waals surface area contributed by atoms with E-state index in [9.17, 15) is 4.79 Å². The number of hydrogen-bond donors (Lipinski definition) is 2. The highest BCUT2D eigenvalue weighted by Gasteiger charge is 2.16. The number of nitrogens with one attached hydrogen (secondary N) is 1. The van der Waals surface area contributed by atoms with E-state index in [4.69, 9.17) is 5.73 Å². The van der Waals surface area contributed by atoms with Gasteiger partial charge in [-0.3, -0.25) is 9.48 Å². The molecule has 1 amide bonds. The summed E-state index contributed by atoms with van der Waals surface area (Å²) in [4.78, 5) is 11.7. The van der Waals surface area contributed by atoms with Gasteiger partial charge in [-0.2, -0.15) is 5.10 Å². The van der Waals surface area contributed by atoms with Gasteiger partial charge in [-0.15, -0.1) is 0 Å². The molecule has 0 saturated carbocycles. The molecule has 0 bridgehead atoms. The third kappa shape index (κ3) is 4.19. The summed E-state index contributed by atoms with van der Waals surface area (Å²) in [6, 6.07) is 1.59. The predicted octanol–water partition coefficient (Wildman–Crippen LogP) is 1.78. The molecule has 0 aromatic carbocycles. The zero-order valence-corrected chi connectivity index (χ0v) is 11.0. The molecule has 17 heavy (non-hydrogen) atoms. The minimum Gasteiger partial charge on any atom is -0.320 e. The Labute approximate surface area is 102 Å². The van der Waals surface area contributed by atoms with Gasteiger partial charge < -0.3 is 11.1 Å². The van der Waals surface area contributed by atoms with Crippen LogP contribution in [0.1, 0.15) is 40.2 Å². The molecule has 1 rings (SSSR count). The Morgan fingerprint density at radius 1 is 1.47 bits per heavy atom. The molecular formula is C12H22N4O. The van der Waals surface area contributed by atoms with E-state index in [0.717, 1.165) is 0 Å². The molecule has 5 heteroatoms. The van der Waals surface area contributed by atoms with E-state index in [-0.39, 0.29) is 11.9 Å². The highest BCUT2D eigenvalue weighted by molar-refractivity contribution is 5.93. The van der Waals surface area contributed by atoms with Gasteiger partial charge in [0.25, 0.3) is 0 Å². The van der Waals surface area contributed by atoms with Crippen LogP contribution in [0.3, 0.4) is 0 Å². The summed E-state index contributed by atoms with van der Waals surface area (Å²) in [5, 5.41) is 6.97. The Kier molecular flexibility index (Phi) is 4.69. The van der Waals surface area contributed by atoms with Gasteiger partial charge in [-0.25, -0.2) is 0 Å². The Morgan fingerprint density at radius 2 is 2.12 bits per heavy atom. The maximum atomic E-state index is 11.7. The molecule has 5 nitrogen and oxygen atoms in total. The zero-order valence-electron chi connectivity index (χ0n) is 11.0. The van der Waals surface area contributed by atoms with Crippen molar-refractivity contribution in [2.75, 3.05) is 5.32 Å². The van der Waals surface area contributed by atoms with Crippen LogP contribution in [0.15, 0.2) is 12.3 Å². The van der Waals surface area contributed by atoms with E-state index >= 15 is 0 Å². The lowest BCUT2D eigenvalue weighted by molar-refractivity contribution is -0.117. The largest absolute Gasteiger partial charge is 0.320 e. The standard InChI is InChI=1S/C12H22N4O/c1-8(2)7-10(13)12(17)14-11-5-6-16(15-11)9(3)4/h5-6,8-10H,7,13H2,1-4H3,(H,14,15,17). The van der Waals surface area contributed by atoms with Crippen LogP contribution in [0.25, 0.3) is 0 Å². The van der Waals surface area contributed by atoms with Gasteiger partial charge in [0.05, 0.1) is 6.04 Å². The molecule has 96 valence electrons. The number of rotatable bonds is 5. The second-order valence-electron chi connectivity index (χ2n) is 5.00. The van der Waals surface area contributed by atoms with Crippen LogP contribution in [0.4, 0.5) is 5.82 Å². The summed E-state index contributed by atoms with van der Waals surface area (Å²) >= 11 is 0. The summed E-state index contributed by atoms with van der Waals surface area (Å²) in [6.07, 6.45) is 2.52. The van der Waals surface area contributed by atoms with E-state index in [0.29, 0.717) is 18.2 Å². The molecule has 0 radical (unpaired) electrons. The second-order valence-corrected chi connectivity index (χ2v) is 5.00. The van der Waals surface area contributed by atoms with Crippen molar-refractivity contribution in [1.29, 1.82) is 0 Å². The molecule has 1 atom stereocenters. The minimum absolute atomic E-state index is 0.173. The molecule has 1 unspecified atom stereocenters. The predicted molar refractivity (Wildman–Crippen MR) is 68.7 cm³/mol. The number of hydrogen-bond acceptors (Lipinski definition) is 3. The van der Waals surface area contributed by atoms with Crippen LogP contribution in [0.2, 0.25) is 0 Å². The van der Waals surface area contributed by atoms with Crippen molar-refractivity contribution < 1.29 is 4.79 Å². The number of nitrogens with two attached hydrogens (primary N) is 1. The second kappa shape index (κ2) is 5.82. The average molecular weight is 238 g/mol. The summed E-state index contributed by atoms with van der Waals surface area (Å²) in [7, 11) is 0. The van der Waals surface area contributed by atoms with Gasteiger partial charge >= 0.3 is 0 Å². The molecule has 0 saturated heterocycles. The maximum absolute atomic E-state index is 11.7. The van der Waals surface area contributed by atoms with E-state index < -0.39 is 6.04 Å². The van der Waals surface area contributed by atoms with Crippen LogP contribution in [0.5, 0.6) is 0 Å². The summed E-state index contributed by atoms with van der Waals surface area (Å²) in [5.74, 6) is 0.791. The van der Waals surface area contributed by atoms with Gasteiger partial charge in [0.15, 0.2) is 5.82 Å². The quantitative estimate of drug-likeness (QED) is 0.821.